The largest absolute Gasteiger partial charge is 0.389 e. The summed E-state index contributed by atoms with van der Waals surface area (Å²) in [7, 11) is -3.76. The summed E-state index contributed by atoms with van der Waals surface area (Å²) in [6.07, 6.45) is 0.493. The van der Waals surface area contributed by atoms with Gasteiger partial charge in [-0.3, -0.25) is 0 Å². The second-order valence-electron chi connectivity index (χ2n) is 7.95. The number of sulfonamides is 1. The van der Waals surface area contributed by atoms with E-state index in [1.807, 2.05) is 0 Å². The van der Waals surface area contributed by atoms with Crippen LogP contribution >= 0.6 is 0 Å². The highest BCUT2D eigenvalue weighted by Gasteiger charge is 2.49. The number of benzene rings is 1. The number of nitrogens with zero attached hydrogens (tertiary/aromatic N) is 4. The molecule has 2 N–H and O–H groups in total. The fourth-order valence-electron chi connectivity index (χ4n) is 4.14. The van der Waals surface area contributed by atoms with Gasteiger partial charge in [-0.1, -0.05) is 23.4 Å². The van der Waals surface area contributed by atoms with Crippen LogP contribution in [0.3, 0.4) is 0 Å². The standard InChI is InChI=1S/C19H26N4O5S/c1-14-20-18(21-28-14)15-7-9-22(10-8-15)12-19(25)13-23(11-17(19)24)29(26,27)16-5-3-2-4-6-16/h2-6,15,17,24-25H,7-13H2,1H3/t17-,19+/m1/s1. The second kappa shape index (κ2) is 7.77. The lowest BCUT2D eigenvalue weighted by molar-refractivity contribution is -0.0640. The molecule has 1 aromatic heterocycles. The zero-order valence-corrected chi connectivity index (χ0v) is 17.1. The Morgan fingerprint density at radius 2 is 1.93 bits per heavy atom. The van der Waals surface area contributed by atoms with Gasteiger partial charge in [0.15, 0.2) is 5.82 Å². The third-order valence-electron chi connectivity index (χ3n) is 5.82. The summed E-state index contributed by atoms with van der Waals surface area (Å²) in [5.41, 5.74) is -1.50. The Morgan fingerprint density at radius 3 is 2.55 bits per heavy atom. The topological polar surface area (TPSA) is 120 Å². The Bertz CT molecular complexity index is 943. The summed E-state index contributed by atoms with van der Waals surface area (Å²) in [5.74, 6) is 1.47. The van der Waals surface area contributed by atoms with Crippen LogP contribution in [0.25, 0.3) is 0 Å². The average molecular weight is 423 g/mol. The van der Waals surface area contributed by atoms with Crippen molar-refractivity contribution in [3.8, 4) is 0 Å². The van der Waals surface area contributed by atoms with E-state index < -0.39 is 21.7 Å². The first kappa shape index (κ1) is 20.4. The molecule has 3 heterocycles. The molecule has 0 bridgehead atoms. The fourth-order valence-corrected chi connectivity index (χ4v) is 5.67. The molecule has 2 aromatic rings. The van der Waals surface area contributed by atoms with Gasteiger partial charge >= 0.3 is 0 Å². The van der Waals surface area contributed by atoms with Crippen LogP contribution in [0.4, 0.5) is 0 Å². The Balaban J connectivity index is 1.39. The van der Waals surface area contributed by atoms with Gasteiger partial charge in [0, 0.05) is 32.5 Å². The number of aromatic nitrogens is 2. The quantitative estimate of drug-likeness (QED) is 0.708. The number of β-amino-alcohol motifs (C(OH)–C–C–N with tert-alkyl or cyclic N) is 2. The maximum absolute atomic E-state index is 12.8. The van der Waals surface area contributed by atoms with Gasteiger partial charge in [-0.25, -0.2) is 8.42 Å². The van der Waals surface area contributed by atoms with Crippen LogP contribution < -0.4 is 0 Å². The van der Waals surface area contributed by atoms with Crippen molar-refractivity contribution < 1.29 is 23.2 Å². The first-order chi connectivity index (χ1) is 13.8. The lowest BCUT2D eigenvalue weighted by atomic mass is 9.93. The number of hydrogen-bond donors (Lipinski definition) is 2. The summed E-state index contributed by atoms with van der Waals surface area (Å²) in [6, 6.07) is 8.09. The molecular weight excluding hydrogens is 396 g/mol. The highest BCUT2D eigenvalue weighted by atomic mass is 32.2. The fraction of sp³-hybridized carbons (Fsp3) is 0.579. The van der Waals surface area contributed by atoms with Crippen molar-refractivity contribution >= 4 is 10.0 Å². The number of rotatable bonds is 5. The molecule has 158 valence electrons. The van der Waals surface area contributed by atoms with E-state index in [0.29, 0.717) is 24.8 Å². The summed E-state index contributed by atoms with van der Waals surface area (Å²) in [4.78, 5) is 6.52. The van der Waals surface area contributed by atoms with E-state index in [0.717, 1.165) is 12.8 Å². The molecule has 2 aliphatic heterocycles. The SMILES string of the molecule is Cc1nc(C2CCN(C[C@]3(O)CN(S(=O)(=O)c4ccccc4)C[C@H]3O)CC2)no1. The molecule has 0 radical (unpaired) electrons. The lowest BCUT2D eigenvalue weighted by Crippen LogP contribution is -2.53. The molecule has 9 nitrogen and oxygen atoms in total. The number of aliphatic hydroxyl groups excluding tert-OH is 1. The predicted molar refractivity (Wildman–Crippen MR) is 104 cm³/mol. The van der Waals surface area contributed by atoms with Crippen molar-refractivity contribution in [1.29, 1.82) is 0 Å². The van der Waals surface area contributed by atoms with Gasteiger partial charge in [0.25, 0.3) is 0 Å². The molecule has 2 aliphatic rings. The van der Waals surface area contributed by atoms with Gasteiger partial charge in [0.05, 0.1) is 11.0 Å². The molecule has 0 aliphatic carbocycles. The number of hydrogen-bond acceptors (Lipinski definition) is 8. The van der Waals surface area contributed by atoms with Crippen molar-refractivity contribution in [1.82, 2.24) is 19.3 Å². The Kier molecular flexibility index (Phi) is 5.47. The number of aryl methyl sites for hydroxylation is 1. The van der Waals surface area contributed by atoms with E-state index in [4.69, 9.17) is 4.52 Å². The van der Waals surface area contributed by atoms with E-state index in [-0.39, 0.29) is 30.4 Å². The first-order valence-electron chi connectivity index (χ1n) is 9.76. The minimum absolute atomic E-state index is 0.119. The second-order valence-corrected chi connectivity index (χ2v) is 9.89. The molecule has 0 spiro atoms. The lowest BCUT2D eigenvalue weighted by Gasteiger charge is -2.36. The van der Waals surface area contributed by atoms with Crippen molar-refractivity contribution in [2.24, 2.45) is 0 Å². The van der Waals surface area contributed by atoms with Crippen LogP contribution in [0.15, 0.2) is 39.8 Å². The summed E-state index contributed by atoms with van der Waals surface area (Å²) >= 11 is 0. The average Bonchev–Trinajstić information content (AvgIpc) is 3.27. The molecule has 10 heteroatoms. The Morgan fingerprint density at radius 1 is 1.24 bits per heavy atom. The van der Waals surface area contributed by atoms with Gasteiger partial charge in [0.1, 0.15) is 5.60 Å². The van der Waals surface area contributed by atoms with Crippen molar-refractivity contribution in [2.75, 3.05) is 32.7 Å². The summed E-state index contributed by atoms with van der Waals surface area (Å²) < 4.78 is 31.9. The molecular formula is C19H26N4O5S. The first-order valence-corrected chi connectivity index (χ1v) is 11.2. The van der Waals surface area contributed by atoms with E-state index in [1.165, 1.54) is 16.4 Å². The number of aliphatic hydroxyl groups is 2. The molecule has 1 aromatic carbocycles. The third kappa shape index (κ3) is 4.08. The van der Waals surface area contributed by atoms with E-state index in [2.05, 4.69) is 15.0 Å². The van der Waals surface area contributed by atoms with Crippen molar-refractivity contribution in [3.05, 3.63) is 42.0 Å². The van der Waals surface area contributed by atoms with Crippen LogP contribution in [0, 0.1) is 6.92 Å². The molecule has 0 saturated carbocycles. The van der Waals surface area contributed by atoms with Crippen molar-refractivity contribution in [2.45, 2.75) is 42.3 Å². The third-order valence-corrected chi connectivity index (χ3v) is 7.65. The summed E-state index contributed by atoms with van der Waals surface area (Å²) in [5, 5.41) is 25.5. The van der Waals surface area contributed by atoms with Gasteiger partial charge in [0.2, 0.25) is 15.9 Å². The maximum Gasteiger partial charge on any atom is 0.243 e. The minimum atomic E-state index is -3.76. The van der Waals surface area contributed by atoms with E-state index in [9.17, 15) is 18.6 Å². The predicted octanol–water partition coefficient (Wildman–Crippen LogP) is 0.354. The van der Waals surface area contributed by atoms with Crippen molar-refractivity contribution in [3.63, 3.8) is 0 Å². The maximum atomic E-state index is 12.8. The molecule has 2 atom stereocenters. The number of likely N-dealkylation sites (tertiary alicyclic amines) is 1. The van der Waals surface area contributed by atoms with Crippen LogP contribution in [-0.4, -0.2) is 82.4 Å². The van der Waals surface area contributed by atoms with Crippen LogP contribution in [0.2, 0.25) is 0 Å². The highest BCUT2D eigenvalue weighted by molar-refractivity contribution is 7.89. The molecule has 2 fully saturated rings. The summed E-state index contributed by atoms with van der Waals surface area (Å²) in [6.45, 7) is 3.14. The zero-order chi connectivity index (χ0) is 20.6. The normalized spacial score (nSPS) is 27.5. The zero-order valence-electron chi connectivity index (χ0n) is 16.3. The van der Waals surface area contributed by atoms with Crippen LogP contribution in [0.5, 0.6) is 0 Å². The Hall–Kier alpha value is -1.85. The molecule has 0 unspecified atom stereocenters. The molecule has 0 amide bonds. The Labute approximate surface area is 170 Å². The van der Waals surface area contributed by atoms with Crippen LogP contribution in [0.1, 0.15) is 30.5 Å². The smallest absolute Gasteiger partial charge is 0.243 e. The number of piperidine rings is 1. The van der Waals surface area contributed by atoms with Gasteiger partial charge in [-0.15, -0.1) is 0 Å². The van der Waals surface area contributed by atoms with Gasteiger partial charge < -0.3 is 19.6 Å². The van der Waals surface area contributed by atoms with Gasteiger partial charge in [-0.05, 0) is 38.1 Å². The monoisotopic (exact) mass is 422 g/mol. The van der Waals surface area contributed by atoms with Crippen LogP contribution in [-0.2, 0) is 10.0 Å². The molecule has 2 saturated heterocycles. The van der Waals surface area contributed by atoms with E-state index in [1.54, 1.807) is 25.1 Å². The molecule has 29 heavy (non-hydrogen) atoms. The minimum Gasteiger partial charge on any atom is -0.389 e. The molecule has 4 rings (SSSR count). The van der Waals surface area contributed by atoms with Gasteiger partial charge in [-0.2, -0.15) is 9.29 Å². The highest BCUT2D eigenvalue weighted by Crippen LogP contribution is 2.31. The van der Waals surface area contributed by atoms with E-state index >= 15 is 0 Å².